The maximum absolute atomic E-state index is 11.7. The molecule has 1 rings (SSSR count). The molecule has 118 valence electrons. The molecule has 0 aliphatic rings. The van der Waals surface area contributed by atoms with Gasteiger partial charge in [-0.1, -0.05) is 18.5 Å². The van der Waals surface area contributed by atoms with Crippen LogP contribution in [0.25, 0.3) is 0 Å². The molecule has 3 N–H and O–H groups in total. The monoisotopic (exact) mass is 313 g/mol. The third-order valence-corrected chi connectivity index (χ3v) is 2.71. The topological polar surface area (TPSA) is 78.9 Å². The zero-order valence-corrected chi connectivity index (χ0v) is 13.8. The molecule has 6 nitrogen and oxygen atoms in total. The second-order valence-corrected chi connectivity index (χ2v) is 6.20. The maximum Gasteiger partial charge on any atom is 0.224 e. The number of rotatable bonds is 7. The number of nitrogens with zero attached hydrogens (tertiary/aromatic N) is 2. The molecule has 21 heavy (non-hydrogen) atoms. The van der Waals surface area contributed by atoms with Crippen LogP contribution >= 0.6 is 11.6 Å². The summed E-state index contributed by atoms with van der Waals surface area (Å²) < 4.78 is 0. The predicted molar refractivity (Wildman–Crippen MR) is 86.8 cm³/mol. The molecule has 0 saturated heterocycles. The summed E-state index contributed by atoms with van der Waals surface area (Å²) in [6.07, 6.45) is 2.89. The molecule has 0 saturated carbocycles. The summed E-state index contributed by atoms with van der Waals surface area (Å²) in [7, 11) is 0. The van der Waals surface area contributed by atoms with Gasteiger partial charge in [-0.2, -0.15) is 4.98 Å². The fraction of sp³-hybridized carbons (Fsp3) is 0.643. The number of carbonyl (C=O) groups excluding carboxylic acids is 1. The molecule has 1 aromatic heterocycles. The van der Waals surface area contributed by atoms with Gasteiger partial charge < -0.3 is 16.0 Å². The van der Waals surface area contributed by atoms with Gasteiger partial charge in [-0.25, -0.2) is 4.98 Å². The quantitative estimate of drug-likeness (QED) is 0.721. The van der Waals surface area contributed by atoms with Gasteiger partial charge >= 0.3 is 0 Å². The standard InChI is InChI=1S/C14H24ClN5O/c1-5-7-17-13-18-9-10(15)12(19-13)16-8-6-11(21)20-14(2,3)4/h9H,5-8H2,1-4H3,(H,20,21)(H2,16,17,18,19). The third kappa shape index (κ3) is 7.13. The van der Waals surface area contributed by atoms with E-state index in [1.807, 2.05) is 20.8 Å². The summed E-state index contributed by atoms with van der Waals surface area (Å²) in [6, 6.07) is 0. The van der Waals surface area contributed by atoms with Crippen LogP contribution in [0.15, 0.2) is 6.20 Å². The van der Waals surface area contributed by atoms with Crippen LogP contribution in [0, 0.1) is 0 Å². The summed E-state index contributed by atoms with van der Waals surface area (Å²) in [4.78, 5) is 20.1. The van der Waals surface area contributed by atoms with E-state index in [4.69, 9.17) is 11.6 Å². The Bertz CT molecular complexity index is 473. The third-order valence-electron chi connectivity index (χ3n) is 2.44. The van der Waals surface area contributed by atoms with Crippen molar-refractivity contribution < 1.29 is 4.79 Å². The van der Waals surface area contributed by atoms with Gasteiger partial charge in [0.1, 0.15) is 10.8 Å². The lowest BCUT2D eigenvalue weighted by atomic mass is 10.1. The Hall–Kier alpha value is -1.56. The second kappa shape index (κ2) is 8.02. The fourth-order valence-electron chi connectivity index (χ4n) is 1.59. The van der Waals surface area contributed by atoms with Crippen LogP contribution in [-0.2, 0) is 4.79 Å². The Morgan fingerprint density at radius 2 is 2.00 bits per heavy atom. The highest BCUT2D eigenvalue weighted by Gasteiger charge is 2.13. The van der Waals surface area contributed by atoms with Gasteiger partial charge in [0, 0.05) is 25.0 Å². The lowest BCUT2D eigenvalue weighted by molar-refractivity contribution is -0.122. The Labute approximate surface area is 131 Å². The molecule has 1 aromatic rings. The maximum atomic E-state index is 11.7. The van der Waals surface area contributed by atoms with Gasteiger partial charge in [-0.3, -0.25) is 4.79 Å². The number of hydrogen-bond donors (Lipinski definition) is 3. The summed E-state index contributed by atoms with van der Waals surface area (Å²) >= 11 is 6.04. The Morgan fingerprint density at radius 3 is 2.62 bits per heavy atom. The van der Waals surface area contributed by atoms with Crippen molar-refractivity contribution in [3.05, 3.63) is 11.2 Å². The molecule has 1 heterocycles. The number of amides is 1. The summed E-state index contributed by atoms with van der Waals surface area (Å²) in [6.45, 7) is 9.18. The average molecular weight is 314 g/mol. The molecule has 0 fully saturated rings. The number of hydrogen-bond acceptors (Lipinski definition) is 5. The predicted octanol–water partition coefficient (Wildman–Crippen LogP) is 2.67. The number of aromatic nitrogens is 2. The van der Waals surface area contributed by atoms with Crippen LogP contribution in [0.5, 0.6) is 0 Å². The van der Waals surface area contributed by atoms with Crippen LogP contribution in [0.3, 0.4) is 0 Å². The van der Waals surface area contributed by atoms with E-state index in [1.54, 1.807) is 6.20 Å². The zero-order valence-electron chi connectivity index (χ0n) is 13.1. The molecule has 0 bridgehead atoms. The van der Waals surface area contributed by atoms with Gasteiger partial charge in [0.25, 0.3) is 0 Å². The number of nitrogens with one attached hydrogen (secondary N) is 3. The van der Waals surface area contributed by atoms with Crippen molar-refractivity contribution in [2.45, 2.75) is 46.1 Å². The first-order valence-electron chi connectivity index (χ1n) is 7.13. The molecule has 0 aromatic carbocycles. The highest BCUT2D eigenvalue weighted by Crippen LogP contribution is 2.19. The Morgan fingerprint density at radius 1 is 1.29 bits per heavy atom. The van der Waals surface area contributed by atoms with E-state index in [0.29, 0.717) is 29.8 Å². The van der Waals surface area contributed by atoms with E-state index in [-0.39, 0.29) is 11.4 Å². The molecular weight excluding hydrogens is 290 g/mol. The zero-order chi connectivity index (χ0) is 15.9. The van der Waals surface area contributed by atoms with Crippen molar-refractivity contribution in [3.8, 4) is 0 Å². The van der Waals surface area contributed by atoms with Crippen molar-refractivity contribution in [2.24, 2.45) is 0 Å². The lowest BCUT2D eigenvalue weighted by Crippen LogP contribution is -2.41. The highest BCUT2D eigenvalue weighted by molar-refractivity contribution is 6.32. The minimum absolute atomic E-state index is 0.00971. The molecule has 0 spiro atoms. The minimum atomic E-state index is -0.221. The van der Waals surface area contributed by atoms with Crippen LogP contribution in [0.1, 0.15) is 40.5 Å². The van der Waals surface area contributed by atoms with E-state index in [0.717, 1.165) is 13.0 Å². The van der Waals surface area contributed by atoms with Crippen molar-refractivity contribution in [1.29, 1.82) is 0 Å². The van der Waals surface area contributed by atoms with Crippen LogP contribution in [0.2, 0.25) is 5.02 Å². The van der Waals surface area contributed by atoms with Crippen LogP contribution in [0.4, 0.5) is 11.8 Å². The molecule has 7 heteroatoms. The van der Waals surface area contributed by atoms with Crippen molar-refractivity contribution in [3.63, 3.8) is 0 Å². The van der Waals surface area contributed by atoms with E-state index >= 15 is 0 Å². The number of carbonyl (C=O) groups is 1. The SMILES string of the molecule is CCCNc1ncc(Cl)c(NCCC(=O)NC(C)(C)C)n1. The molecule has 0 aliphatic carbocycles. The molecule has 1 amide bonds. The lowest BCUT2D eigenvalue weighted by Gasteiger charge is -2.20. The van der Waals surface area contributed by atoms with Gasteiger partial charge in [-0.05, 0) is 27.2 Å². The number of halogens is 1. The van der Waals surface area contributed by atoms with Crippen LogP contribution in [-0.4, -0.2) is 34.5 Å². The summed E-state index contributed by atoms with van der Waals surface area (Å²) in [5, 5.41) is 9.50. The smallest absolute Gasteiger partial charge is 0.224 e. The highest BCUT2D eigenvalue weighted by atomic mass is 35.5. The summed E-state index contributed by atoms with van der Waals surface area (Å²) in [5.74, 6) is 1.06. The van der Waals surface area contributed by atoms with E-state index < -0.39 is 0 Å². The first-order chi connectivity index (χ1) is 9.81. The van der Waals surface area contributed by atoms with Crippen molar-refractivity contribution in [2.75, 3.05) is 23.7 Å². The van der Waals surface area contributed by atoms with Gasteiger partial charge in [0.2, 0.25) is 11.9 Å². The molecule has 0 atom stereocenters. The van der Waals surface area contributed by atoms with Gasteiger partial charge in [0.05, 0.1) is 6.20 Å². The van der Waals surface area contributed by atoms with E-state index in [2.05, 4.69) is 32.8 Å². The Balaban J connectivity index is 2.49. The molecule has 0 unspecified atom stereocenters. The average Bonchev–Trinajstić information content (AvgIpc) is 2.37. The van der Waals surface area contributed by atoms with Crippen LogP contribution < -0.4 is 16.0 Å². The second-order valence-electron chi connectivity index (χ2n) is 5.79. The normalized spacial score (nSPS) is 11.1. The largest absolute Gasteiger partial charge is 0.368 e. The van der Waals surface area contributed by atoms with Gasteiger partial charge in [-0.15, -0.1) is 0 Å². The Kier molecular flexibility index (Phi) is 6.68. The fourth-order valence-corrected chi connectivity index (χ4v) is 1.75. The van der Waals surface area contributed by atoms with E-state index in [9.17, 15) is 4.79 Å². The molecule has 0 radical (unpaired) electrons. The molecule has 0 aliphatic heterocycles. The van der Waals surface area contributed by atoms with E-state index in [1.165, 1.54) is 0 Å². The first-order valence-corrected chi connectivity index (χ1v) is 7.51. The van der Waals surface area contributed by atoms with Gasteiger partial charge in [0.15, 0.2) is 0 Å². The number of anilines is 2. The van der Waals surface area contributed by atoms with Crippen molar-refractivity contribution in [1.82, 2.24) is 15.3 Å². The summed E-state index contributed by atoms with van der Waals surface area (Å²) in [5.41, 5.74) is -0.221. The van der Waals surface area contributed by atoms with Crippen molar-refractivity contribution >= 4 is 29.3 Å². The first kappa shape index (κ1) is 17.5. The molecular formula is C14H24ClN5O. The minimum Gasteiger partial charge on any atom is -0.368 e.